The lowest BCUT2D eigenvalue weighted by Gasteiger charge is -2.06. The van der Waals surface area contributed by atoms with Crippen LogP contribution in [0, 0.1) is 17.5 Å². The van der Waals surface area contributed by atoms with E-state index in [2.05, 4.69) is 20.7 Å². The van der Waals surface area contributed by atoms with Gasteiger partial charge in [0.25, 0.3) is 0 Å². The highest BCUT2D eigenvalue weighted by Crippen LogP contribution is 2.24. The zero-order valence-electron chi connectivity index (χ0n) is 8.32. The van der Waals surface area contributed by atoms with Crippen LogP contribution in [0.2, 0.25) is 0 Å². The molecule has 0 bridgehead atoms. The number of ether oxygens (including phenoxy) is 1. The summed E-state index contributed by atoms with van der Waals surface area (Å²) in [4.78, 5) is 11.0. The van der Waals surface area contributed by atoms with Crippen molar-refractivity contribution in [2.45, 2.75) is 13.3 Å². The topological polar surface area (TPSA) is 26.3 Å². The largest absolute Gasteiger partial charge is 0.466 e. The molecule has 0 spiro atoms. The van der Waals surface area contributed by atoms with Gasteiger partial charge in [-0.15, -0.1) is 0 Å². The molecule has 1 rings (SSSR count). The summed E-state index contributed by atoms with van der Waals surface area (Å²) < 4.78 is 43.8. The number of halogens is 4. The van der Waals surface area contributed by atoms with Gasteiger partial charge >= 0.3 is 5.97 Å². The van der Waals surface area contributed by atoms with Crippen LogP contribution in [0.1, 0.15) is 12.5 Å². The summed E-state index contributed by atoms with van der Waals surface area (Å²) in [6.07, 6.45) is -0.629. The third kappa shape index (κ3) is 2.75. The zero-order valence-corrected chi connectivity index (χ0v) is 9.91. The lowest BCUT2D eigenvalue weighted by atomic mass is 10.1. The Bertz CT molecular complexity index is 421. The number of hydrogen-bond acceptors (Lipinski definition) is 2. The van der Waals surface area contributed by atoms with Crippen LogP contribution >= 0.6 is 15.9 Å². The van der Waals surface area contributed by atoms with E-state index in [0.29, 0.717) is 0 Å². The van der Waals surface area contributed by atoms with Crippen LogP contribution in [0.5, 0.6) is 0 Å². The molecule has 1 aromatic rings. The summed E-state index contributed by atoms with van der Waals surface area (Å²) in [5.41, 5.74) is -0.626. The number of carbonyl (C=O) groups excluding carboxylic acids is 1. The molecule has 0 atom stereocenters. The lowest BCUT2D eigenvalue weighted by Crippen LogP contribution is -2.11. The maximum absolute atomic E-state index is 13.3. The van der Waals surface area contributed by atoms with Crippen LogP contribution in [0.25, 0.3) is 0 Å². The van der Waals surface area contributed by atoms with E-state index in [4.69, 9.17) is 0 Å². The summed E-state index contributed by atoms with van der Waals surface area (Å²) >= 11 is 2.66. The van der Waals surface area contributed by atoms with Crippen molar-refractivity contribution in [1.82, 2.24) is 0 Å². The highest BCUT2D eigenvalue weighted by Gasteiger charge is 2.20. The summed E-state index contributed by atoms with van der Waals surface area (Å²) in [5, 5.41) is 0. The van der Waals surface area contributed by atoms with E-state index in [1.807, 2.05) is 0 Å². The van der Waals surface area contributed by atoms with Gasteiger partial charge in [0.15, 0.2) is 11.6 Å². The molecule has 6 heteroatoms. The van der Waals surface area contributed by atoms with E-state index < -0.39 is 35.4 Å². The summed E-state index contributed by atoms with van der Waals surface area (Å²) in [7, 11) is 0. The van der Waals surface area contributed by atoms with Gasteiger partial charge in [0.1, 0.15) is 5.82 Å². The van der Waals surface area contributed by atoms with Crippen molar-refractivity contribution in [1.29, 1.82) is 0 Å². The molecular weight excluding hydrogens is 289 g/mol. The van der Waals surface area contributed by atoms with Crippen LogP contribution in [0.3, 0.4) is 0 Å². The third-order valence-electron chi connectivity index (χ3n) is 1.84. The molecule has 2 nitrogen and oxygen atoms in total. The first kappa shape index (κ1) is 13.0. The van der Waals surface area contributed by atoms with Crippen LogP contribution < -0.4 is 0 Å². The predicted molar refractivity (Wildman–Crippen MR) is 54.4 cm³/mol. The average Bonchev–Trinajstić information content (AvgIpc) is 2.22. The van der Waals surface area contributed by atoms with E-state index in [9.17, 15) is 18.0 Å². The summed E-state index contributed by atoms with van der Waals surface area (Å²) in [6.45, 7) is 1.66. The zero-order chi connectivity index (χ0) is 12.3. The molecule has 0 aliphatic rings. The molecule has 0 N–H and O–H groups in total. The normalized spacial score (nSPS) is 10.3. The Balaban J connectivity index is 3.05. The number of rotatable bonds is 3. The third-order valence-corrected chi connectivity index (χ3v) is 2.41. The molecule has 0 unspecified atom stereocenters. The molecule has 16 heavy (non-hydrogen) atoms. The Kier molecular flexibility index (Phi) is 4.35. The Morgan fingerprint density at radius 3 is 2.56 bits per heavy atom. The van der Waals surface area contributed by atoms with Crippen molar-refractivity contribution >= 4 is 21.9 Å². The molecule has 1 aromatic carbocycles. The van der Waals surface area contributed by atoms with Crippen molar-refractivity contribution in [2.75, 3.05) is 6.61 Å². The average molecular weight is 297 g/mol. The minimum Gasteiger partial charge on any atom is -0.466 e. The van der Waals surface area contributed by atoms with Gasteiger partial charge in [0, 0.05) is 5.56 Å². The van der Waals surface area contributed by atoms with Gasteiger partial charge in [-0.05, 0) is 28.9 Å². The number of hydrogen-bond donors (Lipinski definition) is 0. The molecule has 0 saturated carbocycles. The summed E-state index contributed by atoms with van der Waals surface area (Å²) in [5.74, 6) is -4.39. The maximum Gasteiger partial charge on any atom is 0.310 e. The molecule has 0 saturated heterocycles. The highest BCUT2D eigenvalue weighted by molar-refractivity contribution is 9.10. The van der Waals surface area contributed by atoms with Crippen LogP contribution in [0.4, 0.5) is 13.2 Å². The van der Waals surface area contributed by atoms with E-state index in [1.54, 1.807) is 6.92 Å². The fourth-order valence-electron chi connectivity index (χ4n) is 1.12. The van der Waals surface area contributed by atoms with Gasteiger partial charge in [0.05, 0.1) is 17.5 Å². The van der Waals surface area contributed by atoms with Crippen molar-refractivity contribution in [3.63, 3.8) is 0 Å². The van der Waals surface area contributed by atoms with Crippen molar-refractivity contribution in [3.05, 3.63) is 33.6 Å². The molecule has 0 fully saturated rings. The molecular formula is C10H8BrF3O2. The van der Waals surface area contributed by atoms with Gasteiger partial charge in [-0.25, -0.2) is 13.2 Å². The second kappa shape index (κ2) is 5.34. The van der Waals surface area contributed by atoms with Crippen molar-refractivity contribution in [3.8, 4) is 0 Å². The van der Waals surface area contributed by atoms with Gasteiger partial charge in [-0.3, -0.25) is 4.79 Å². The molecule has 0 amide bonds. The molecule has 0 aliphatic heterocycles. The first-order valence-corrected chi connectivity index (χ1v) is 5.24. The van der Waals surface area contributed by atoms with Gasteiger partial charge < -0.3 is 4.74 Å². The second-order valence-electron chi connectivity index (χ2n) is 2.93. The summed E-state index contributed by atoms with van der Waals surface area (Å²) in [6, 6.07) is 0.771. The highest BCUT2D eigenvalue weighted by atomic mass is 79.9. The van der Waals surface area contributed by atoms with Crippen LogP contribution in [-0.2, 0) is 16.0 Å². The van der Waals surface area contributed by atoms with E-state index in [0.717, 1.165) is 6.07 Å². The minimum atomic E-state index is -1.38. The SMILES string of the molecule is CCOC(=O)Cc1c(F)cc(Br)c(F)c1F. The number of benzene rings is 1. The Morgan fingerprint density at radius 2 is 2.00 bits per heavy atom. The number of esters is 1. The fourth-order valence-corrected chi connectivity index (χ4v) is 1.50. The van der Waals surface area contributed by atoms with Crippen LogP contribution in [0.15, 0.2) is 10.5 Å². The molecule has 0 radical (unpaired) electrons. The number of carbonyl (C=O) groups is 1. The standard InChI is InChI=1S/C10H8BrF3O2/c1-2-16-8(15)3-5-7(12)4-6(11)10(14)9(5)13/h4H,2-3H2,1H3. The second-order valence-corrected chi connectivity index (χ2v) is 3.78. The first-order chi connectivity index (χ1) is 7.47. The van der Waals surface area contributed by atoms with Crippen LogP contribution in [-0.4, -0.2) is 12.6 Å². The molecule has 0 aliphatic carbocycles. The van der Waals surface area contributed by atoms with Gasteiger partial charge in [-0.2, -0.15) is 0 Å². The molecule has 88 valence electrons. The Hall–Kier alpha value is -1.04. The maximum atomic E-state index is 13.3. The Labute approximate surface area is 98.5 Å². The monoisotopic (exact) mass is 296 g/mol. The molecule has 0 aromatic heterocycles. The van der Waals surface area contributed by atoms with Gasteiger partial charge in [-0.1, -0.05) is 0 Å². The Morgan fingerprint density at radius 1 is 1.38 bits per heavy atom. The van der Waals surface area contributed by atoms with Crippen molar-refractivity contribution in [2.24, 2.45) is 0 Å². The van der Waals surface area contributed by atoms with Gasteiger partial charge in [0.2, 0.25) is 0 Å². The van der Waals surface area contributed by atoms with E-state index in [-0.39, 0.29) is 11.1 Å². The predicted octanol–water partition coefficient (Wildman–Crippen LogP) is 2.97. The van der Waals surface area contributed by atoms with E-state index in [1.165, 1.54) is 0 Å². The lowest BCUT2D eigenvalue weighted by molar-refractivity contribution is -0.142. The smallest absolute Gasteiger partial charge is 0.310 e. The molecule has 0 heterocycles. The quantitative estimate of drug-likeness (QED) is 0.487. The minimum absolute atomic E-state index is 0.0983. The first-order valence-electron chi connectivity index (χ1n) is 4.44. The van der Waals surface area contributed by atoms with Crippen molar-refractivity contribution < 1.29 is 22.7 Å². The van der Waals surface area contributed by atoms with E-state index >= 15 is 0 Å². The fraction of sp³-hybridized carbons (Fsp3) is 0.300.